The van der Waals surface area contributed by atoms with Crippen molar-refractivity contribution in [1.29, 1.82) is 0 Å². The van der Waals surface area contributed by atoms with Crippen LogP contribution >= 0.6 is 0 Å². The summed E-state index contributed by atoms with van der Waals surface area (Å²) in [6, 6.07) is 15.1. The molecule has 0 amide bonds. The van der Waals surface area contributed by atoms with Crippen LogP contribution in [-0.4, -0.2) is 63.3 Å². The van der Waals surface area contributed by atoms with Crippen molar-refractivity contribution in [2.24, 2.45) is 0 Å². The van der Waals surface area contributed by atoms with E-state index >= 15 is 0 Å². The second-order valence-electron chi connectivity index (χ2n) is 8.86. The Labute approximate surface area is 198 Å². The number of hydrogen-bond acceptors (Lipinski definition) is 8. The summed E-state index contributed by atoms with van der Waals surface area (Å²) in [5.41, 5.74) is 2.16. The molecule has 10 heteroatoms. The van der Waals surface area contributed by atoms with Crippen molar-refractivity contribution < 1.29 is 9.66 Å². The average molecular weight is 464 g/mol. The third-order valence-corrected chi connectivity index (χ3v) is 6.97. The standard InChI is InChI=1S/C24H29N7O3/c1-34-22-9-5-4-8-21(22)23(24-25-26-27-30(24)19-6-2-3-7-19)29-16-14-28(15-17-29)18-10-12-20(13-11-18)31(32)33/h4-5,8-13,19,23H,2-3,6-7,14-17H2,1H3/t23-/m1/s1. The Morgan fingerprint density at radius 3 is 2.41 bits per heavy atom. The number of benzene rings is 2. The van der Waals surface area contributed by atoms with Crippen LogP contribution in [0, 0.1) is 10.1 Å². The molecule has 1 atom stereocenters. The maximum Gasteiger partial charge on any atom is 0.269 e. The molecule has 2 aromatic carbocycles. The van der Waals surface area contributed by atoms with E-state index in [9.17, 15) is 10.1 Å². The van der Waals surface area contributed by atoms with Crippen molar-refractivity contribution in [2.45, 2.75) is 37.8 Å². The van der Waals surface area contributed by atoms with Gasteiger partial charge in [0.15, 0.2) is 5.82 Å². The highest BCUT2D eigenvalue weighted by molar-refractivity contribution is 5.51. The molecule has 3 aromatic rings. The largest absolute Gasteiger partial charge is 0.496 e. The number of tetrazole rings is 1. The summed E-state index contributed by atoms with van der Waals surface area (Å²) in [5, 5.41) is 24.0. The van der Waals surface area contributed by atoms with Crippen LogP contribution in [0.25, 0.3) is 0 Å². The summed E-state index contributed by atoms with van der Waals surface area (Å²) in [7, 11) is 1.70. The van der Waals surface area contributed by atoms with Gasteiger partial charge < -0.3 is 9.64 Å². The van der Waals surface area contributed by atoms with E-state index in [4.69, 9.17) is 4.74 Å². The van der Waals surface area contributed by atoms with Gasteiger partial charge in [-0.05, 0) is 41.5 Å². The normalized spacial score (nSPS) is 18.2. The molecule has 10 nitrogen and oxygen atoms in total. The first-order chi connectivity index (χ1) is 16.7. The van der Waals surface area contributed by atoms with Crippen LogP contribution in [0.1, 0.15) is 49.2 Å². The van der Waals surface area contributed by atoms with Crippen LogP contribution in [0.3, 0.4) is 0 Å². The minimum absolute atomic E-state index is 0.109. The molecule has 2 heterocycles. The van der Waals surface area contributed by atoms with Gasteiger partial charge in [0.05, 0.1) is 18.1 Å². The molecule has 1 saturated heterocycles. The molecule has 0 N–H and O–H groups in total. The van der Waals surface area contributed by atoms with Gasteiger partial charge in [-0.15, -0.1) is 5.10 Å². The van der Waals surface area contributed by atoms with Crippen molar-refractivity contribution >= 4 is 11.4 Å². The number of piperazine rings is 1. The fraction of sp³-hybridized carbons (Fsp3) is 0.458. The molecule has 0 radical (unpaired) electrons. The fourth-order valence-corrected chi connectivity index (χ4v) is 5.20. The fourth-order valence-electron chi connectivity index (χ4n) is 5.20. The zero-order valence-electron chi connectivity index (χ0n) is 19.3. The van der Waals surface area contributed by atoms with E-state index in [2.05, 4.69) is 31.4 Å². The Balaban J connectivity index is 1.42. The van der Waals surface area contributed by atoms with Crippen LogP contribution in [0.4, 0.5) is 11.4 Å². The number of anilines is 1. The molecule has 0 spiro atoms. The van der Waals surface area contributed by atoms with Gasteiger partial charge in [-0.2, -0.15) is 0 Å². The van der Waals surface area contributed by atoms with E-state index in [1.54, 1.807) is 19.2 Å². The monoisotopic (exact) mass is 463 g/mol. The molecule has 1 aliphatic carbocycles. The molecule has 1 aliphatic heterocycles. The topological polar surface area (TPSA) is 102 Å². The van der Waals surface area contributed by atoms with E-state index in [1.807, 2.05) is 35.0 Å². The molecule has 0 bridgehead atoms. The number of para-hydroxylation sites is 1. The first-order valence-electron chi connectivity index (χ1n) is 11.8. The van der Waals surface area contributed by atoms with Gasteiger partial charge in [0, 0.05) is 49.6 Å². The van der Waals surface area contributed by atoms with Crippen molar-refractivity contribution in [3.05, 3.63) is 70.0 Å². The predicted octanol–water partition coefficient (Wildman–Crippen LogP) is 3.62. The molecule has 2 aliphatic rings. The van der Waals surface area contributed by atoms with Crippen molar-refractivity contribution in [1.82, 2.24) is 25.1 Å². The van der Waals surface area contributed by atoms with Crippen LogP contribution in [0.15, 0.2) is 48.5 Å². The first kappa shape index (κ1) is 22.3. The Kier molecular flexibility index (Phi) is 6.39. The number of nitro benzene ring substituents is 1. The second kappa shape index (κ2) is 9.76. The highest BCUT2D eigenvalue weighted by Crippen LogP contribution is 2.37. The zero-order valence-corrected chi connectivity index (χ0v) is 19.3. The third kappa shape index (κ3) is 4.33. The molecule has 34 heavy (non-hydrogen) atoms. The Morgan fingerprint density at radius 1 is 1.03 bits per heavy atom. The van der Waals surface area contributed by atoms with Gasteiger partial charge in [-0.1, -0.05) is 31.0 Å². The lowest BCUT2D eigenvalue weighted by Crippen LogP contribution is -2.48. The maximum absolute atomic E-state index is 11.0. The summed E-state index contributed by atoms with van der Waals surface area (Å²) >= 11 is 0. The third-order valence-electron chi connectivity index (χ3n) is 6.97. The first-order valence-corrected chi connectivity index (χ1v) is 11.8. The van der Waals surface area contributed by atoms with Gasteiger partial charge in [-0.25, -0.2) is 4.68 Å². The molecule has 178 valence electrons. The Bertz CT molecular complexity index is 1120. The number of non-ortho nitro benzene ring substituents is 1. The summed E-state index contributed by atoms with van der Waals surface area (Å²) in [4.78, 5) is 15.3. The summed E-state index contributed by atoms with van der Waals surface area (Å²) in [6.07, 6.45) is 4.61. The number of ether oxygens (including phenoxy) is 1. The summed E-state index contributed by atoms with van der Waals surface area (Å²) in [5.74, 6) is 1.69. The Morgan fingerprint density at radius 2 is 1.74 bits per heavy atom. The van der Waals surface area contributed by atoms with Crippen molar-refractivity contribution in [3.63, 3.8) is 0 Å². The molecule has 0 unspecified atom stereocenters. The van der Waals surface area contributed by atoms with Crippen LogP contribution in [0.2, 0.25) is 0 Å². The predicted molar refractivity (Wildman–Crippen MR) is 127 cm³/mol. The zero-order chi connectivity index (χ0) is 23.5. The minimum Gasteiger partial charge on any atom is -0.496 e. The van der Waals surface area contributed by atoms with E-state index < -0.39 is 0 Å². The van der Waals surface area contributed by atoms with Gasteiger partial charge in [-0.3, -0.25) is 15.0 Å². The smallest absolute Gasteiger partial charge is 0.269 e. The SMILES string of the molecule is COc1ccccc1[C@H](c1nnnn1C1CCCC1)N1CCN(c2ccc([N+](=O)[O-])cc2)CC1. The van der Waals surface area contributed by atoms with E-state index in [0.29, 0.717) is 6.04 Å². The number of aromatic nitrogens is 4. The molecule has 1 aromatic heterocycles. The highest BCUT2D eigenvalue weighted by atomic mass is 16.6. The lowest BCUT2D eigenvalue weighted by molar-refractivity contribution is -0.384. The summed E-state index contributed by atoms with van der Waals surface area (Å²) < 4.78 is 7.77. The maximum atomic E-state index is 11.0. The lowest BCUT2D eigenvalue weighted by Gasteiger charge is -2.40. The lowest BCUT2D eigenvalue weighted by atomic mass is 10.0. The number of nitrogens with zero attached hydrogens (tertiary/aromatic N) is 7. The number of methoxy groups -OCH3 is 1. The van der Waals surface area contributed by atoms with Gasteiger partial charge in [0.25, 0.3) is 5.69 Å². The molecule has 2 fully saturated rings. The van der Waals surface area contributed by atoms with Gasteiger partial charge >= 0.3 is 0 Å². The van der Waals surface area contributed by atoms with Crippen LogP contribution in [0.5, 0.6) is 5.75 Å². The second-order valence-corrected chi connectivity index (χ2v) is 8.86. The number of rotatable bonds is 7. The average Bonchev–Trinajstić information content (AvgIpc) is 3.57. The molecule has 1 saturated carbocycles. The summed E-state index contributed by atoms with van der Waals surface area (Å²) in [6.45, 7) is 3.21. The van der Waals surface area contributed by atoms with Crippen molar-refractivity contribution in [3.8, 4) is 5.75 Å². The molecule has 5 rings (SSSR count). The number of nitro groups is 1. The van der Waals surface area contributed by atoms with Crippen LogP contribution in [-0.2, 0) is 0 Å². The molecular formula is C24H29N7O3. The molecular weight excluding hydrogens is 434 g/mol. The van der Waals surface area contributed by atoms with Crippen molar-refractivity contribution in [2.75, 3.05) is 38.2 Å². The highest BCUT2D eigenvalue weighted by Gasteiger charge is 2.34. The van der Waals surface area contributed by atoms with Crippen LogP contribution < -0.4 is 9.64 Å². The van der Waals surface area contributed by atoms with E-state index in [1.165, 1.54) is 12.8 Å². The minimum atomic E-state index is -0.367. The number of hydrogen-bond donors (Lipinski definition) is 0. The van der Waals surface area contributed by atoms with E-state index in [0.717, 1.165) is 61.8 Å². The Hall–Kier alpha value is -3.53. The van der Waals surface area contributed by atoms with Gasteiger partial charge in [0.1, 0.15) is 11.8 Å². The van der Waals surface area contributed by atoms with Gasteiger partial charge in [0.2, 0.25) is 0 Å². The quantitative estimate of drug-likeness (QED) is 0.387. The van der Waals surface area contributed by atoms with E-state index in [-0.39, 0.29) is 16.7 Å².